The molecule has 0 radical (unpaired) electrons. The SMILES string of the molecule is Nc1c(C(=O)NCCCc2ccccc2)c2nc3ccccc3nc2n1/N=C/c1cccs1. The number of nitrogen functional groups attached to an aromatic ring is 1. The molecule has 0 spiro atoms. The monoisotopic (exact) mass is 454 g/mol. The first-order valence-corrected chi connectivity index (χ1v) is 11.6. The number of thiophene rings is 1. The summed E-state index contributed by atoms with van der Waals surface area (Å²) in [6.07, 6.45) is 3.41. The molecule has 0 atom stereocenters. The van der Waals surface area contributed by atoms with Gasteiger partial charge in [0.1, 0.15) is 16.9 Å². The maximum absolute atomic E-state index is 13.2. The zero-order chi connectivity index (χ0) is 22.6. The number of aromatic nitrogens is 3. The number of hydrogen-bond acceptors (Lipinski definition) is 6. The van der Waals surface area contributed by atoms with Gasteiger partial charge in [0, 0.05) is 11.4 Å². The van der Waals surface area contributed by atoms with E-state index in [2.05, 4.69) is 22.6 Å². The summed E-state index contributed by atoms with van der Waals surface area (Å²) in [6, 6.07) is 21.6. The fraction of sp³-hybridized carbons (Fsp3) is 0.120. The molecule has 8 heteroatoms. The molecular weight excluding hydrogens is 432 g/mol. The van der Waals surface area contributed by atoms with Gasteiger partial charge in [-0.2, -0.15) is 9.78 Å². The number of fused-ring (bicyclic) bond motifs is 2. The van der Waals surface area contributed by atoms with Gasteiger partial charge in [0.15, 0.2) is 5.65 Å². The van der Waals surface area contributed by atoms with Crippen molar-refractivity contribution < 1.29 is 4.79 Å². The number of hydrogen-bond donors (Lipinski definition) is 2. The number of nitrogens with zero attached hydrogens (tertiary/aromatic N) is 4. The molecule has 0 aliphatic carbocycles. The summed E-state index contributed by atoms with van der Waals surface area (Å²) in [5, 5.41) is 9.47. The van der Waals surface area contributed by atoms with Crippen LogP contribution in [-0.4, -0.2) is 33.3 Å². The van der Waals surface area contributed by atoms with Crippen LogP contribution in [0.25, 0.3) is 22.2 Å². The van der Waals surface area contributed by atoms with E-state index in [1.807, 2.05) is 60.0 Å². The number of aryl methyl sites for hydroxylation is 1. The van der Waals surface area contributed by atoms with Gasteiger partial charge in [0.2, 0.25) is 0 Å². The van der Waals surface area contributed by atoms with E-state index in [0.29, 0.717) is 34.3 Å². The van der Waals surface area contributed by atoms with Crippen molar-refractivity contribution in [1.82, 2.24) is 20.0 Å². The van der Waals surface area contributed by atoms with Crippen molar-refractivity contribution in [2.24, 2.45) is 5.10 Å². The highest BCUT2D eigenvalue weighted by molar-refractivity contribution is 7.11. The van der Waals surface area contributed by atoms with Crippen molar-refractivity contribution in [1.29, 1.82) is 0 Å². The molecule has 1 amide bonds. The molecule has 3 aromatic heterocycles. The quantitative estimate of drug-likeness (QED) is 0.280. The molecule has 5 rings (SSSR count). The Labute approximate surface area is 194 Å². The van der Waals surface area contributed by atoms with Gasteiger partial charge in [-0.1, -0.05) is 48.5 Å². The fourth-order valence-electron chi connectivity index (χ4n) is 3.70. The minimum Gasteiger partial charge on any atom is -0.383 e. The van der Waals surface area contributed by atoms with Crippen molar-refractivity contribution in [2.75, 3.05) is 12.3 Å². The van der Waals surface area contributed by atoms with E-state index in [1.165, 1.54) is 10.2 Å². The highest BCUT2D eigenvalue weighted by atomic mass is 32.1. The molecule has 0 unspecified atom stereocenters. The Bertz CT molecular complexity index is 1440. The largest absolute Gasteiger partial charge is 0.383 e. The minimum atomic E-state index is -0.278. The molecule has 5 aromatic rings. The van der Waals surface area contributed by atoms with Crippen LogP contribution in [0.15, 0.2) is 77.2 Å². The number of anilines is 1. The van der Waals surface area contributed by atoms with Crippen LogP contribution in [0.1, 0.15) is 27.2 Å². The molecule has 3 N–H and O–H groups in total. The lowest BCUT2D eigenvalue weighted by Gasteiger charge is -2.06. The van der Waals surface area contributed by atoms with E-state index < -0.39 is 0 Å². The van der Waals surface area contributed by atoms with E-state index >= 15 is 0 Å². The Morgan fingerprint density at radius 2 is 1.79 bits per heavy atom. The molecule has 7 nitrogen and oxygen atoms in total. The molecule has 0 saturated heterocycles. The van der Waals surface area contributed by atoms with E-state index in [4.69, 9.17) is 15.7 Å². The zero-order valence-electron chi connectivity index (χ0n) is 17.8. The zero-order valence-corrected chi connectivity index (χ0v) is 18.6. The second-order valence-electron chi connectivity index (χ2n) is 7.56. The van der Waals surface area contributed by atoms with Crippen LogP contribution >= 0.6 is 11.3 Å². The lowest BCUT2D eigenvalue weighted by Crippen LogP contribution is -2.25. The first-order valence-electron chi connectivity index (χ1n) is 10.7. The molecule has 3 heterocycles. The Morgan fingerprint density at radius 3 is 2.55 bits per heavy atom. The molecular formula is C25H22N6OS. The summed E-state index contributed by atoms with van der Waals surface area (Å²) in [4.78, 5) is 23.5. The number of rotatable bonds is 7. The topological polar surface area (TPSA) is 98.2 Å². The van der Waals surface area contributed by atoms with Crippen molar-refractivity contribution in [3.8, 4) is 0 Å². The van der Waals surface area contributed by atoms with Crippen LogP contribution in [0.2, 0.25) is 0 Å². The van der Waals surface area contributed by atoms with Crippen LogP contribution < -0.4 is 11.1 Å². The first kappa shape index (κ1) is 20.8. The fourth-order valence-corrected chi connectivity index (χ4v) is 4.27. The molecule has 33 heavy (non-hydrogen) atoms. The Kier molecular flexibility index (Phi) is 5.82. The highest BCUT2D eigenvalue weighted by Crippen LogP contribution is 2.28. The molecule has 164 valence electrons. The van der Waals surface area contributed by atoms with Crippen LogP contribution in [-0.2, 0) is 6.42 Å². The van der Waals surface area contributed by atoms with Crippen molar-refractivity contribution in [3.63, 3.8) is 0 Å². The van der Waals surface area contributed by atoms with Crippen molar-refractivity contribution in [3.05, 3.63) is 88.1 Å². The van der Waals surface area contributed by atoms with E-state index in [0.717, 1.165) is 17.7 Å². The van der Waals surface area contributed by atoms with Gasteiger partial charge in [-0.15, -0.1) is 11.3 Å². The second-order valence-corrected chi connectivity index (χ2v) is 8.54. The third kappa shape index (κ3) is 4.33. The van der Waals surface area contributed by atoms with Gasteiger partial charge in [-0.25, -0.2) is 9.97 Å². The Hall–Kier alpha value is -4.04. The highest BCUT2D eigenvalue weighted by Gasteiger charge is 2.23. The Balaban J connectivity index is 1.47. The van der Waals surface area contributed by atoms with Gasteiger partial charge in [-0.3, -0.25) is 4.79 Å². The van der Waals surface area contributed by atoms with E-state index in [-0.39, 0.29) is 11.7 Å². The lowest BCUT2D eigenvalue weighted by molar-refractivity contribution is 0.0955. The molecule has 0 bridgehead atoms. The van der Waals surface area contributed by atoms with Crippen LogP contribution in [0.5, 0.6) is 0 Å². The summed E-state index contributed by atoms with van der Waals surface area (Å²) in [6.45, 7) is 0.527. The van der Waals surface area contributed by atoms with Gasteiger partial charge in [-0.05, 0) is 42.0 Å². The normalized spacial score (nSPS) is 11.5. The number of amides is 1. The molecule has 0 aliphatic rings. The number of carbonyl (C=O) groups is 1. The summed E-state index contributed by atoms with van der Waals surface area (Å²) >= 11 is 1.56. The number of carbonyl (C=O) groups excluding carboxylic acids is 1. The van der Waals surface area contributed by atoms with Gasteiger partial charge >= 0.3 is 0 Å². The van der Waals surface area contributed by atoms with E-state index in [9.17, 15) is 4.79 Å². The predicted octanol–water partition coefficient (Wildman–Crippen LogP) is 4.47. The maximum atomic E-state index is 13.2. The first-order chi connectivity index (χ1) is 16.2. The van der Waals surface area contributed by atoms with Gasteiger partial charge < -0.3 is 11.1 Å². The number of para-hydroxylation sites is 2. The number of nitrogens with two attached hydrogens (primary N) is 1. The Morgan fingerprint density at radius 1 is 1.03 bits per heavy atom. The molecule has 0 fully saturated rings. The maximum Gasteiger partial charge on any atom is 0.257 e. The van der Waals surface area contributed by atoms with Gasteiger partial charge in [0.25, 0.3) is 5.91 Å². The third-order valence-electron chi connectivity index (χ3n) is 5.32. The second kappa shape index (κ2) is 9.22. The smallest absolute Gasteiger partial charge is 0.257 e. The number of nitrogens with one attached hydrogen (secondary N) is 1. The lowest BCUT2D eigenvalue weighted by atomic mass is 10.1. The van der Waals surface area contributed by atoms with Crippen molar-refractivity contribution in [2.45, 2.75) is 12.8 Å². The van der Waals surface area contributed by atoms with E-state index in [1.54, 1.807) is 17.6 Å². The summed E-state index contributed by atoms with van der Waals surface area (Å²) in [5.74, 6) is -0.0612. The molecule has 0 saturated carbocycles. The summed E-state index contributed by atoms with van der Waals surface area (Å²) < 4.78 is 1.49. The average molecular weight is 455 g/mol. The predicted molar refractivity (Wildman–Crippen MR) is 134 cm³/mol. The van der Waals surface area contributed by atoms with Crippen LogP contribution in [0, 0.1) is 0 Å². The summed E-state index contributed by atoms with van der Waals surface area (Å²) in [7, 11) is 0. The third-order valence-corrected chi connectivity index (χ3v) is 6.12. The summed E-state index contributed by atoms with van der Waals surface area (Å²) in [5.41, 5.74) is 10.3. The standard InChI is InChI=1S/C25H22N6OS/c26-23-21(25(32)27-14-6-10-17-8-2-1-3-9-17)22-24(30-20-13-5-4-12-19(20)29-22)31(23)28-16-18-11-7-15-33-18/h1-5,7-9,11-13,15-16H,6,10,14,26H2,(H,27,32)/b28-16+. The minimum absolute atomic E-state index is 0.216. The number of benzene rings is 2. The average Bonchev–Trinajstić information content (AvgIpc) is 3.45. The molecule has 0 aliphatic heterocycles. The van der Waals surface area contributed by atoms with Crippen LogP contribution in [0.4, 0.5) is 5.82 Å². The molecule has 2 aromatic carbocycles. The van der Waals surface area contributed by atoms with Crippen LogP contribution in [0.3, 0.4) is 0 Å². The van der Waals surface area contributed by atoms with Crippen molar-refractivity contribution >= 4 is 51.5 Å². The van der Waals surface area contributed by atoms with Gasteiger partial charge in [0.05, 0.1) is 17.2 Å².